The molecule has 1 aliphatic heterocycles. The molecule has 1 heterocycles. The van der Waals surface area contributed by atoms with E-state index in [9.17, 15) is 14.7 Å². The Morgan fingerprint density at radius 2 is 2.09 bits per heavy atom. The predicted octanol–water partition coefficient (Wildman–Crippen LogP) is 2.71. The molecule has 1 amide bonds. The van der Waals surface area contributed by atoms with Crippen molar-refractivity contribution in [3.8, 4) is 6.07 Å². The molecule has 1 fully saturated rings. The van der Waals surface area contributed by atoms with Crippen molar-refractivity contribution >= 4 is 33.5 Å². The molecular formula is C16H18BrN3O3. The van der Waals surface area contributed by atoms with Crippen molar-refractivity contribution in [2.24, 2.45) is 5.92 Å². The quantitative estimate of drug-likeness (QED) is 0.819. The third-order valence-electron chi connectivity index (χ3n) is 3.97. The highest BCUT2D eigenvalue weighted by Crippen LogP contribution is 2.24. The Balaban J connectivity index is 1.96. The number of likely N-dealkylation sites (tertiary alicyclic amines) is 1. The Kier molecular flexibility index (Phi) is 6.13. The van der Waals surface area contributed by atoms with Crippen molar-refractivity contribution in [1.29, 1.82) is 5.26 Å². The Bertz CT molecular complexity index is 634. The van der Waals surface area contributed by atoms with Crippen LogP contribution in [0, 0.1) is 17.2 Å². The van der Waals surface area contributed by atoms with E-state index in [4.69, 9.17) is 5.26 Å². The summed E-state index contributed by atoms with van der Waals surface area (Å²) in [6, 6.07) is 6.89. The average molecular weight is 380 g/mol. The maximum absolute atomic E-state index is 12.4. The molecule has 23 heavy (non-hydrogen) atoms. The van der Waals surface area contributed by atoms with Gasteiger partial charge in [-0.15, -0.1) is 0 Å². The van der Waals surface area contributed by atoms with Gasteiger partial charge in [0.05, 0.1) is 17.3 Å². The molecule has 1 aromatic rings. The fourth-order valence-corrected chi connectivity index (χ4v) is 3.03. The van der Waals surface area contributed by atoms with Gasteiger partial charge in [0.1, 0.15) is 0 Å². The zero-order valence-electron chi connectivity index (χ0n) is 12.6. The lowest BCUT2D eigenvalue weighted by Crippen LogP contribution is -2.38. The highest BCUT2D eigenvalue weighted by molar-refractivity contribution is 9.10. The van der Waals surface area contributed by atoms with Crippen LogP contribution >= 0.6 is 15.9 Å². The predicted molar refractivity (Wildman–Crippen MR) is 89.1 cm³/mol. The van der Waals surface area contributed by atoms with Gasteiger partial charge in [0.25, 0.3) is 0 Å². The summed E-state index contributed by atoms with van der Waals surface area (Å²) in [5.74, 6) is -1.35. The number of piperidine rings is 1. The first kappa shape index (κ1) is 17.4. The zero-order valence-corrected chi connectivity index (χ0v) is 14.2. The molecule has 122 valence electrons. The lowest BCUT2D eigenvalue weighted by atomic mass is 9.95. The third-order valence-corrected chi connectivity index (χ3v) is 4.46. The minimum atomic E-state index is -1.08. The van der Waals surface area contributed by atoms with E-state index in [0.29, 0.717) is 16.6 Å². The third kappa shape index (κ3) is 4.78. The summed E-state index contributed by atoms with van der Waals surface area (Å²) in [7, 11) is 0. The van der Waals surface area contributed by atoms with Gasteiger partial charge >= 0.3 is 5.97 Å². The van der Waals surface area contributed by atoms with Crippen LogP contribution in [0.2, 0.25) is 0 Å². The number of halogens is 1. The summed E-state index contributed by atoms with van der Waals surface area (Å²) in [4.78, 5) is 25.8. The smallest absolute Gasteiger partial charge is 0.337 e. The number of hydrogen-bond donors (Lipinski definition) is 2. The van der Waals surface area contributed by atoms with E-state index >= 15 is 0 Å². The van der Waals surface area contributed by atoms with Crippen molar-refractivity contribution in [2.75, 3.05) is 25.0 Å². The lowest BCUT2D eigenvalue weighted by molar-refractivity contribution is -0.121. The molecule has 0 aromatic heterocycles. The van der Waals surface area contributed by atoms with E-state index in [0.717, 1.165) is 32.5 Å². The molecule has 0 spiro atoms. The molecule has 1 aromatic carbocycles. The molecule has 2 rings (SSSR count). The van der Waals surface area contributed by atoms with Crippen LogP contribution < -0.4 is 5.32 Å². The molecule has 0 aliphatic carbocycles. The first-order chi connectivity index (χ1) is 11.0. The topological polar surface area (TPSA) is 93.4 Å². The SMILES string of the molecule is N#CCCN1CCC(C(=O)Nc2ccc(Br)cc2C(=O)O)CC1. The summed E-state index contributed by atoms with van der Waals surface area (Å²) >= 11 is 3.23. The second-order valence-electron chi connectivity index (χ2n) is 5.51. The maximum atomic E-state index is 12.4. The van der Waals surface area contributed by atoms with Gasteiger partial charge in [0.2, 0.25) is 5.91 Å². The molecule has 2 N–H and O–H groups in total. The maximum Gasteiger partial charge on any atom is 0.337 e. The minimum Gasteiger partial charge on any atom is -0.478 e. The van der Waals surface area contributed by atoms with Crippen molar-refractivity contribution in [1.82, 2.24) is 4.90 Å². The minimum absolute atomic E-state index is 0.0687. The summed E-state index contributed by atoms with van der Waals surface area (Å²) in [6.45, 7) is 2.30. The second kappa shape index (κ2) is 8.09. The first-order valence-electron chi connectivity index (χ1n) is 7.44. The molecule has 6 nitrogen and oxygen atoms in total. The highest BCUT2D eigenvalue weighted by atomic mass is 79.9. The van der Waals surface area contributed by atoms with Gasteiger partial charge in [-0.25, -0.2) is 4.79 Å². The number of hydrogen-bond acceptors (Lipinski definition) is 4. The van der Waals surface area contributed by atoms with Crippen LogP contribution in [-0.2, 0) is 4.79 Å². The number of rotatable bonds is 5. The summed E-state index contributed by atoms with van der Waals surface area (Å²) in [5, 5.41) is 20.6. The summed E-state index contributed by atoms with van der Waals surface area (Å²) < 4.78 is 0.652. The van der Waals surface area contributed by atoms with Crippen molar-refractivity contribution in [2.45, 2.75) is 19.3 Å². The number of carboxylic acids is 1. The average Bonchev–Trinajstić information content (AvgIpc) is 2.54. The number of nitrogens with zero attached hydrogens (tertiary/aromatic N) is 2. The van der Waals surface area contributed by atoms with Crippen LogP contribution in [0.3, 0.4) is 0 Å². The van der Waals surface area contributed by atoms with Gasteiger partial charge in [-0.2, -0.15) is 5.26 Å². The molecule has 7 heteroatoms. The highest BCUT2D eigenvalue weighted by Gasteiger charge is 2.25. The summed E-state index contributed by atoms with van der Waals surface area (Å²) in [6.07, 6.45) is 1.93. The van der Waals surface area contributed by atoms with Crippen LogP contribution in [0.15, 0.2) is 22.7 Å². The Hall–Kier alpha value is -1.91. The fourth-order valence-electron chi connectivity index (χ4n) is 2.66. The molecule has 0 radical (unpaired) electrons. The Labute approximate surface area is 143 Å². The summed E-state index contributed by atoms with van der Waals surface area (Å²) in [5.41, 5.74) is 0.386. The van der Waals surface area contributed by atoms with Crippen LogP contribution in [-0.4, -0.2) is 41.5 Å². The molecule has 1 aliphatic rings. The van der Waals surface area contributed by atoms with E-state index < -0.39 is 5.97 Å². The Morgan fingerprint density at radius 1 is 1.39 bits per heavy atom. The van der Waals surface area contributed by atoms with Gasteiger partial charge in [-0.3, -0.25) is 4.79 Å². The number of nitriles is 1. The number of carboxylic acid groups (broad SMARTS) is 1. The fraction of sp³-hybridized carbons (Fsp3) is 0.438. The molecule has 0 atom stereocenters. The van der Waals surface area contributed by atoms with E-state index in [1.807, 2.05) is 0 Å². The van der Waals surface area contributed by atoms with Gasteiger partial charge in [0, 0.05) is 23.4 Å². The zero-order chi connectivity index (χ0) is 16.8. The molecule has 1 saturated heterocycles. The first-order valence-corrected chi connectivity index (χ1v) is 8.23. The number of carbonyl (C=O) groups excluding carboxylic acids is 1. The van der Waals surface area contributed by atoms with Crippen molar-refractivity contribution < 1.29 is 14.7 Å². The van der Waals surface area contributed by atoms with Crippen LogP contribution in [0.1, 0.15) is 29.6 Å². The van der Waals surface area contributed by atoms with Crippen LogP contribution in [0.4, 0.5) is 5.69 Å². The lowest BCUT2D eigenvalue weighted by Gasteiger charge is -2.30. The van der Waals surface area contributed by atoms with E-state index in [2.05, 4.69) is 32.2 Å². The van der Waals surface area contributed by atoms with Gasteiger partial charge in [-0.05, 0) is 44.1 Å². The van der Waals surface area contributed by atoms with Gasteiger partial charge < -0.3 is 15.3 Å². The molecule has 0 saturated carbocycles. The number of benzene rings is 1. The van der Waals surface area contributed by atoms with E-state index in [1.54, 1.807) is 12.1 Å². The molecular weight excluding hydrogens is 362 g/mol. The standard InChI is InChI=1S/C16H18BrN3O3/c17-12-2-3-14(13(10-12)16(22)23)19-15(21)11-4-8-20(9-5-11)7-1-6-18/h2-3,10-11H,1,4-5,7-9H2,(H,19,21)(H,22,23). The largest absolute Gasteiger partial charge is 0.478 e. The number of carbonyl (C=O) groups is 2. The molecule has 0 bridgehead atoms. The number of anilines is 1. The van der Waals surface area contributed by atoms with Crippen molar-refractivity contribution in [3.05, 3.63) is 28.2 Å². The number of nitrogens with one attached hydrogen (secondary N) is 1. The van der Waals surface area contributed by atoms with E-state index in [-0.39, 0.29) is 17.4 Å². The Morgan fingerprint density at radius 3 is 2.70 bits per heavy atom. The van der Waals surface area contributed by atoms with Crippen LogP contribution in [0.5, 0.6) is 0 Å². The van der Waals surface area contributed by atoms with Crippen molar-refractivity contribution in [3.63, 3.8) is 0 Å². The molecule has 0 unspecified atom stereocenters. The van der Waals surface area contributed by atoms with Gasteiger partial charge in [0.15, 0.2) is 0 Å². The number of amides is 1. The number of aromatic carboxylic acids is 1. The normalized spacial score (nSPS) is 15.8. The second-order valence-corrected chi connectivity index (χ2v) is 6.42. The van der Waals surface area contributed by atoms with Gasteiger partial charge in [-0.1, -0.05) is 15.9 Å². The van der Waals surface area contributed by atoms with E-state index in [1.165, 1.54) is 6.07 Å². The van der Waals surface area contributed by atoms with Crippen LogP contribution in [0.25, 0.3) is 0 Å². The monoisotopic (exact) mass is 379 g/mol.